The summed E-state index contributed by atoms with van der Waals surface area (Å²) in [6.07, 6.45) is 5.30. The van der Waals surface area contributed by atoms with Crippen LogP contribution in [0.1, 0.15) is 10.5 Å². The topological polar surface area (TPSA) is 103 Å². The van der Waals surface area contributed by atoms with E-state index in [0.29, 0.717) is 17.3 Å². The van der Waals surface area contributed by atoms with E-state index in [1.165, 1.54) is 4.90 Å². The lowest BCUT2D eigenvalue weighted by Crippen LogP contribution is -2.33. The van der Waals surface area contributed by atoms with Crippen molar-refractivity contribution in [2.24, 2.45) is 11.8 Å². The first-order valence-corrected chi connectivity index (χ1v) is 12.0. The van der Waals surface area contributed by atoms with E-state index in [9.17, 15) is 13.6 Å². The maximum Gasteiger partial charge on any atom is 0.270 e. The number of fused-ring (bicyclic) bond motifs is 2. The van der Waals surface area contributed by atoms with Gasteiger partial charge in [-0.25, -0.2) is 18.7 Å². The Bertz CT molecular complexity index is 1610. The van der Waals surface area contributed by atoms with Crippen LogP contribution in [0.15, 0.2) is 73.2 Å². The van der Waals surface area contributed by atoms with Gasteiger partial charge in [0.05, 0.1) is 18.0 Å². The lowest BCUT2D eigenvalue weighted by Gasteiger charge is -2.18. The van der Waals surface area contributed by atoms with Gasteiger partial charge in [0, 0.05) is 53.2 Å². The fourth-order valence-electron chi connectivity index (χ4n) is 5.10. The Balaban J connectivity index is 1.09. The van der Waals surface area contributed by atoms with E-state index in [1.54, 1.807) is 24.5 Å². The van der Waals surface area contributed by atoms with Crippen LogP contribution in [-0.2, 0) is 0 Å². The van der Waals surface area contributed by atoms with Crippen LogP contribution in [0.3, 0.4) is 0 Å². The molecule has 2 unspecified atom stereocenters. The largest absolute Gasteiger partial charge is 0.351 e. The van der Waals surface area contributed by atoms with E-state index in [4.69, 9.17) is 0 Å². The van der Waals surface area contributed by atoms with E-state index in [2.05, 4.69) is 30.5 Å². The highest BCUT2D eigenvalue weighted by molar-refractivity contribution is 5.99. The van der Waals surface area contributed by atoms with Crippen LogP contribution >= 0.6 is 0 Å². The van der Waals surface area contributed by atoms with Crippen molar-refractivity contribution in [2.45, 2.75) is 5.92 Å². The van der Waals surface area contributed by atoms with Crippen molar-refractivity contribution < 1.29 is 13.6 Å². The molecule has 184 valence electrons. The number of amides is 1. The fourth-order valence-corrected chi connectivity index (χ4v) is 5.10. The van der Waals surface area contributed by atoms with Crippen LogP contribution in [0.2, 0.25) is 0 Å². The van der Waals surface area contributed by atoms with Gasteiger partial charge in [0.2, 0.25) is 0 Å². The number of hydrogen-bond donors (Lipinski definition) is 3. The first-order chi connectivity index (χ1) is 18.0. The van der Waals surface area contributed by atoms with Gasteiger partial charge >= 0.3 is 0 Å². The zero-order valence-corrected chi connectivity index (χ0v) is 19.5. The van der Waals surface area contributed by atoms with Gasteiger partial charge in [0.1, 0.15) is 11.5 Å². The molecular weight excluding hydrogens is 476 g/mol. The number of alkyl halides is 2. The van der Waals surface area contributed by atoms with Crippen molar-refractivity contribution in [1.29, 1.82) is 0 Å². The predicted molar refractivity (Wildman–Crippen MR) is 134 cm³/mol. The molecule has 3 aromatic heterocycles. The number of aromatic amines is 2. The zero-order valence-electron chi connectivity index (χ0n) is 19.5. The van der Waals surface area contributed by atoms with Crippen LogP contribution in [0.5, 0.6) is 0 Å². The number of hydrogen-bond acceptors (Lipinski definition) is 5. The molecule has 10 heteroatoms. The Kier molecular flexibility index (Phi) is 4.66. The summed E-state index contributed by atoms with van der Waals surface area (Å²) >= 11 is 0. The standard InChI is InChI=1S/C27H21F2N7O/c28-27(29)20-13-36(14-21(20)27)26(37)23-9-16-1-2-17(10-22(16)34-23)25-30-8-7-24(35-25)33-19-5-3-15(4-6-19)18-11-31-32-12-18/h1-12,20-21,34H,13-14H2,(H,31,32)(H,30,33,35). The van der Waals surface area contributed by atoms with Crippen LogP contribution in [-0.4, -0.2) is 55.0 Å². The lowest BCUT2D eigenvalue weighted by molar-refractivity contribution is 0.0456. The maximum atomic E-state index is 13.5. The summed E-state index contributed by atoms with van der Waals surface area (Å²) in [6, 6.07) is 17.2. The van der Waals surface area contributed by atoms with Gasteiger partial charge in [-0.3, -0.25) is 9.89 Å². The van der Waals surface area contributed by atoms with Gasteiger partial charge in [0.15, 0.2) is 5.82 Å². The molecule has 0 spiro atoms. The quantitative estimate of drug-likeness (QED) is 0.314. The number of nitrogens with zero attached hydrogens (tertiary/aromatic N) is 4. The van der Waals surface area contributed by atoms with Gasteiger partial charge in [-0.2, -0.15) is 5.10 Å². The fraction of sp³-hybridized carbons (Fsp3) is 0.185. The number of H-pyrrole nitrogens is 2. The number of nitrogens with one attached hydrogen (secondary N) is 3. The van der Waals surface area contributed by atoms with Crippen LogP contribution in [0.4, 0.5) is 20.3 Å². The number of benzene rings is 2. The molecule has 2 aromatic carbocycles. The van der Waals surface area contributed by atoms with Crippen LogP contribution in [0.25, 0.3) is 33.4 Å². The summed E-state index contributed by atoms with van der Waals surface area (Å²) in [5.74, 6) is -3.07. The van der Waals surface area contributed by atoms with Crippen molar-refractivity contribution >= 4 is 28.3 Å². The average Bonchev–Trinajstić information content (AvgIpc) is 3.52. The molecule has 1 aliphatic heterocycles. The Morgan fingerprint density at radius 2 is 1.78 bits per heavy atom. The molecule has 2 fully saturated rings. The molecule has 5 aromatic rings. The normalized spacial score (nSPS) is 19.7. The summed E-state index contributed by atoms with van der Waals surface area (Å²) in [7, 11) is 0. The van der Waals surface area contributed by atoms with Crippen LogP contribution in [0, 0.1) is 11.8 Å². The average molecular weight is 498 g/mol. The molecule has 8 nitrogen and oxygen atoms in total. The van der Waals surface area contributed by atoms with E-state index < -0.39 is 17.8 Å². The first-order valence-electron chi connectivity index (χ1n) is 12.0. The molecule has 2 aliphatic rings. The number of carbonyl (C=O) groups is 1. The van der Waals surface area contributed by atoms with E-state index in [1.807, 2.05) is 48.7 Å². The second-order valence-electron chi connectivity index (χ2n) is 9.54. The first kappa shape index (κ1) is 21.7. The number of carbonyl (C=O) groups excluding carboxylic acids is 1. The minimum absolute atomic E-state index is 0.108. The van der Waals surface area contributed by atoms with Gasteiger partial charge in [-0.15, -0.1) is 0 Å². The smallest absolute Gasteiger partial charge is 0.270 e. The lowest BCUT2D eigenvalue weighted by atomic mass is 10.1. The van der Waals surface area contributed by atoms with Gasteiger partial charge in [-0.05, 0) is 35.9 Å². The summed E-state index contributed by atoms with van der Waals surface area (Å²) in [5, 5.41) is 10.9. The Labute approximate surface area is 209 Å². The Morgan fingerprint density at radius 1 is 1.00 bits per heavy atom. The predicted octanol–water partition coefficient (Wildman–Crippen LogP) is 5.10. The number of aromatic nitrogens is 5. The summed E-state index contributed by atoms with van der Waals surface area (Å²) < 4.78 is 27.0. The van der Waals surface area contributed by atoms with Gasteiger partial charge in [0.25, 0.3) is 11.8 Å². The second kappa shape index (κ2) is 7.95. The molecule has 7 rings (SSSR count). The maximum absolute atomic E-state index is 13.5. The zero-order chi connectivity index (χ0) is 25.1. The van der Waals surface area contributed by atoms with Crippen molar-refractivity contribution in [3.05, 3.63) is 78.9 Å². The van der Waals surface area contributed by atoms with Gasteiger partial charge in [-0.1, -0.05) is 24.3 Å². The summed E-state index contributed by atoms with van der Waals surface area (Å²) in [4.78, 5) is 26.6. The number of halogens is 2. The highest BCUT2D eigenvalue weighted by Crippen LogP contribution is 2.59. The summed E-state index contributed by atoms with van der Waals surface area (Å²) in [6.45, 7) is 0.216. The molecule has 1 saturated heterocycles. The summed E-state index contributed by atoms with van der Waals surface area (Å²) in [5.41, 5.74) is 4.89. The van der Waals surface area contributed by atoms with E-state index in [-0.39, 0.29) is 19.0 Å². The molecule has 37 heavy (non-hydrogen) atoms. The molecule has 1 aliphatic carbocycles. The van der Waals surface area contributed by atoms with Crippen molar-refractivity contribution in [1.82, 2.24) is 30.0 Å². The minimum Gasteiger partial charge on any atom is -0.351 e. The van der Waals surface area contributed by atoms with Crippen molar-refractivity contribution in [2.75, 3.05) is 18.4 Å². The van der Waals surface area contributed by atoms with E-state index in [0.717, 1.165) is 33.3 Å². The van der Waals surface area contributed by atoms with E-state index >= 15 is 0 Å². The van der Waals surface area contributed by atoms with Gasteiger partial charge < -0.3 is 15.2 Å². The second-order valence-corrected chi connectivity index (χ2v) is 9.54. The number of anilines is 2. The molecule has 4 heterocycles. The molecule has 0 radical (unpaired) electrons. The number of likely N-dealkylation sites (tertiary alicyclic amines) is 1. The third-order valence-corrected chi connectivity index (χ3v) is 7.24. The highest BCUT2D eigenvalue weighted by Gasteiger charge is 2.72. The Morgan fingerprint density at radius 3 is 2.54 bits per heavy atom. The third-order valence-electron chi connectivity index (χ3n) is 7.24. The number of rotatable bonds is 5. The molecule has 3 N–H and O–H groups in total. The van der Waals surface area contributed by atoms with Crippen molar-refractivity contribution in [3.63, 3.8) is 0 Å². The number of piperidine rings is 1. The molecule has 1 saturated carbocycles. The molecule has 2 atom stereocenters. The monoisotopic (exact) mass is 497 g/mol. The minimum atomic E-state index is -2.61. The molecular formula is C27H21F2N7O. The third kappa shape index (κ3) is 3.72. The highest BCUT2D eigenvalue weighted by atomic mass is 19.3. The molecule has 0 bridgehead atoms. The molecule has 1 amide bonds. The van der Waals surface area contributed by atoms with Crippen LogP contribution < -0.4 is 5.32 Å². The SMILES string of the molecule is O=C(c1cc2ccc(-c3nccc(Nc4ccc(-c5cn[nH]c5)cc4)n3)cc2[nH]1)N1CC2C(C1)C2(F)F. The van der Waals surface area contributed by atoms with Crippen molar-refractivity contribution in [3.8, 4) is 22.5 Å². The Hall–Kier alpha value is -4.60.